The second-order valence-corrected chi connectivity index (χ2v) is 5.37. The highest BCUT2D eigenvalue weighted by atomic mass is 16.7. The van der Waals surface area contributed by atoms with Crippen LogP contribution in [-0.4, -0.2) is 29.8 Å². The van der Waals surface area contributed by atoms with Crippen LogP contribution >= 0.6 is 0 Å². The van der Waals surface area contributed by atoms with E-state index in [0.29, 0.717) is 11.8 Å². The molecule has 2 amide bonds. The van der Waals surface area contributed by atoms with Crippen molar-refractivity contribution in [3.05, 3.63) is 30.4 Å². The molecule has 3 aliphatic rings. The first-order valence-corrected chi connectivity index (χ1v) is 6.97. The van der Waals surface area contributed by atoms with Gasteiger partial charge < -0.3 is 19.7 Å². The van der Waals surface area contributed by atoms with Crippen LogP contribution in [0, 0.1) is 0 Å². The van der Waals surface area contributed by atoms with E-state index in [1.165, 1.54) is 0 Å². The monoisotopic (exact) mass is 272 g/mol. The van der Waals surface area contributed by atoms with E-state index in [-0.39, 0.29) is 18.9 Å². The number of benzene rings is 1. The Morgan fingerprint density at radius 2 is 2.15 bits per heavy atom. The van der Waals surface area contributed by atoms with Crippen molar-refractivity contribution in [3.63, 3.8) is 0 Å². The van der Waals surface area contributed by atoms with Crippen LogP contribution in [0.4, 0.5) is 10.5 Å². The standard InChI is InChI=1S/C15H16N2O3/c18-15(17-11-2-1-3-12(17)6-5-11)16-10-4-7-13-14(8-10)20-9-19-13/h1-2,4,7-8,11-12H,3,5-6,9H2,(H,16,18)/t11-,12-/m0/s1. The largest absolute Gasteiger partial charge is 0.454 e. The maximum atomic E-state index is 12.4. The number of fused-ring (bicyclic) bond motifs is 3. The molecule has 0 aromatic heterocycles. The number of urea groups is 1. The molecule has 0 spiro atoms. The first kappa shape index (κ1) is 11.6. The third-order valence-electron chi connectivity index (χ3n) is 4.17. The molecule has 3 aliphatic heterocycles. The molecule has 0 aliphatic carbocycles. The third kappa shape index (κ3) is 1.81. The van der Waals surface area contributed by atoms with Crippen molar-refractivity contribution < 1.29 is 14.3 Å². The van der Waals surface area contributed by atoms with E-state index in [9.17, 15) is 4.79 Å². The molecule has 0 saturated carbocycles. The lowest BCUT2D eigenvalue weighted by molar-refractivity contribution is 0.174. The summed E-state index contributed by atoms with van der Waals surface area (Å²) in [5, 5.41) is 2.96. The first-order valence-electron chi connectivity index (χ1n) is 6.97. The average molecular weight is 272 g/mol. The molecule has 20 heavy (non-hydrogen) atoms. The van der Waals surface area contributed by atoms with E-state index in [0.717, 1.165) is 30.7 Å². The van der Waals surface area contributed by atoms with Crippen LogP contribution in [0.3, 0.4) is 0 Å². The summed E-state index contributed by atoms with van der Waals surface area (Å²) < 4.78 is 10.6. The highest BCUT2D eigenvalue weighted by molar-refractivity contribution is 5.90. The van der Waals surface area contributed by atoms with Crippen molar-refractivity contribution in [2.24, 2.45) is 0 Å². The summed E-state index contributed by atoms with van der Waals surface area (Å²) in [5.74, 6) is 1.41. The van der Waals surface area contributed by atoms with Crippen LogP contribution in [0.2, 0.25) is 0 Å². The predicted octanol–water partition coefficient (Wildman–Crippen LogP) is 2.74. The van der Waals surface area contributed by atoms with Gasteiger partial charge in [0.15, 0.2) is 11.5 Å². The van der Waals surface area contributed by atoms with Gasteiger partial charge in [-0.3, -0.25) is 0 Å². The lowest BCUT2D eigenvalue weighted by Gasteiger charge is -2.31. The maximum absolute atomic E-state index is 12.4. The Hall–Kier alpha value is -2.17. The average Bonchev–Trinajstić information content (AvgIpc) is 3.01. The van der Waals surface area contributed by atoms with Gasteiger partial charge in [0.05, 0.1) is 6.04 Å². The van der Waals surface area contributed by atoms with Gasteiger partial charge in [-0.1, -0.05) is 12.2 Å². The van der Waals surface area contributed by atoms with Crippen molar-refractivity contribution in [1.82, 2.24) is 4.90 Å². The van der Waals surface area contributed by atoms with E-state index in [4.69, 9.17) is 9.47 Å². The van der Waals surface area contributed by atoms with E-state index in [1.807, 2.05) is 23.1 Å². The molecule has 0 unspecified atom stereocenters. The normalized spacial score (nSPS) is 25.9. The number of ether oxygens (including phenoxy) is 2. The molecule has 4 rings (SSSR count). The molecule has 2 bridgehead atoms. The van der Waals surface area contributed by atoms with Crippen molar-refractivity contribution >= 4 is 11.7 Å². The summed E-state index contributed by atoms with van der Waals surface area (Å²) >= 11 is 0. The molecule has 5 heteroatoms. The molecular weight excluding hydrogens is 256 g/mol. The van der Waals surface area contributed by atoms with Gasteiger partial charge in [0, 0.05) is 17.8 Å². The van der Waals surface area contributed by atoms with Crippen LogP contribution in [0.1, 0.15) is 19.3 Å². The molecule has 5 nitrogen and oxygen atoms in total. The molecule has 2 atom stereocenters. The molecule has 104 valence electrons. The Kier molecular flexibility index (Phi) is 2.58. The topological polar surface area (TPSA) is 50.8 Å². The molecule has 1 saturated heterocycles. The molecule has 3 heterocycles. The molecule has 1 fully saturated rings. The number of rotatable bonds is 1. The Morgan fingerprint density at radius 3 is 3.05 bits per heavy atom. The lowest BCUT2D eigenvalue weighted by atomic mass is 10.1. The number of anilines is 1. The Bertz CT molecular complexity index is 584. The Morgan fingerprint density at radius 1 is 1.25 bits per heavy atom. The molecule has 1 aromatic rings. The number of carbonyl (C=O) groups is 1. The minimum atomic E-state index is -0.0271. The molecular formula is C15H16N2O3. The molecule has 1 N–H and O–H groups in total. The lowest BCUT2D eigenvalue weighted by Crippen LogP contribution is -2.44. The van der Waals surface area contributed by atoms with E-state index >= 15 is 0 Å². The smallest absolute Gasteiger partial charge is 0.322 e. The second-order valence-electron chi connectivity index (χ2n) is 5.37. The summed E-state index contributed by atoms with van der Waals surface area (Å²) in [4.78, 5) is 14.4. The minimum absolute atomic E-state index is 0.0271. The minimum Gasteiger partial charge on any atom is -0.454 e. The second kappa shape index (κ2) is 4.44. The molecule has 1 aromatic carbocycles. The fourth-order valence-electron chi connectivity index (χ4n) is 3.20. The number of nitrogens with zero attached hydrogens (tertiary/aromatic N) is 1. The van der Waals surface area contributed by atoms with Crippen LogP contribution in [0.15, 0.2) is 30.4 Å². The molecule has 0 radical (unpaired) electrons. The van der Waals surface area contributed by atoms with Gasteiger partial charge in [0.25, 0.3) is 0 Å². The van der Waals surface area contributed by atoms with Gasteiger partial charge in [0.2, 0.25) is 6.79 Å². The highest BCUT2D eigenvalue weighted by Gasteiger charge is 2.37. The zero-order valence-corrected chi connectivity index (χ0v) is 11.0. The summed E-state index contributed by atoms with van der Waals surface area (Å²) in [6.07, 6.45) is 7.45. The van der Waals surface area contributed by atoms with E-state index < -0.39 is 0 Å². The SMILES string of the molecule is O=C(Nc1ccc2c(c1)OCO2)N1[C@H]2CC=C[C@H]1CC2. The van der Waals surface area contributed by atoms with E-state index in [2.05, 4.69) is 17.5 Å². The third-order valence-corrected chi connectivity index (χ3v) is 4.17. The summed E-state index contributed by atoms with van der Waals surface area (Å²) in [7, 11) is 0. The van der Waals surface area contributed by atoms with Crippen molar-refractivity contribution in [2.75, 3.05) is 12.1 Å². The van der Waals surface area contributed by atoms with Gasteiger partial charge in [-0.05, 0) is 31.4 Å². The van der Waals surface area contributed by atoms with Crippen LogP contribution in [-0.2, 0) is 0 Å². The first-order chi connectivity index (χ1) is 9.81. The summed E-state index contributed by atoms with van der Waals surface area (Å²) in [5.41, 5.74) is 0.744. The fourth-order valence-corrected chi connectivity index (χ4v) is 3.20. The zero-order chi connectivity index (χ0) is 13.5. The number of hydrogen-bond donors (Lipinski definition) is 1. The number of amides is 2. The van der Waals surface area contributed by atoms with Crippen molar-refractivity contribution in [2.45, 2.75) is 31.3 Å². The van der Waals surface area contributed by atoms with Gasteiger partial charge in [-0.2, -0.15) is 0 Å². The van der Waals surface area contributed by atoms with Crippen LogP contribution < -0.4 is 14.8 Å². The fraction of sp³-hybridized carbons (Fsp3) is 0.400. The highest BCUT2D eigenvalue weighted by Crippen LogP contribution is 2.35. The van der Waals surface area contributed by atoms with Gasteiger partial charge in [-0.25, -0.2) is 4.79 Å². The van der Waals surface area contributed by atoms with Crippen molar-refractivity contribution in [1.29, 1.82) is 0 Å². The number of nitrogens with one attached hydrogen (secondary N) is 1. The van der Waals surface area contributed by atoms with Gasteiger partial charge in [-0.15, -0.1) is 0 Å². The Balaban J connectivity index is 1.52. The Labute approximate surface area is 117 Å². The van der Waals surface area contributed by atoms with Crippen LogP contribution in [0.25, 0.3) is 0 Å². The van der Waals surface area contributed by atoms with Crippen LogP contribution in [0.5, 0.6) is 11.5 Å². The quantitative estimate of drug-likeness (QED) is 0.800. The maximum Gasteiger partial charge on any atom is 0.322 e. The number of carbonyl (C=O) groups excluding carboxylic acids is 1. The van der Waals surface area contributed by atoms with Crippen molar-refractivity contribution in [3.8, 4) is 11.5 Å². The summed E-state index contributed by atoms with van der Waals surface area (Å²) in [6, 6.07) is 6.04. The van der Waals surface area contributed by atoms with Gasteiger partial charge in [0.1, 0.15) is 0 Å². The van der Waals surface area contributed by atoms with E-state index in [1.54, 1.807) is 0 Å². The summed E-state index contributed by atoms with van der Waals surface area (Å²) in [6.45, 7) is 0.244. The predicted molar refractivity (Wildman–Crippen MR) is 74.0 cm³/mol. The zero-order valence-electron chi connectivity index (χ0n) is 11.0. The number of hydrogen-bond acceptors (Lipinski definition) is 3. The van der Waals surface area contributed by atoms with Gasteiger partial charge >= 0.3 is 6.03 Å².